The quantitative estimate of drug-likeness (QED) is 0.385. The monoisotopic (exact) mass is 198 g/mol. The van der Waals surface area contributed by atoms with Crippen LogP contribution in [-0.4, -0.2) is 17.9 Å². The Morgan fingerprint density at radius 2 is 1.71 bits per heavy atom. The van der Waals surface area contributed by atoms with Crippen molar-refractivity contribution < 1.29 is 14.3 Å². The van der Waals surface area contributed by atoms with Gasteiger partial charge >= 0.3 is 5.97 Å². The Balaban J connectivity index is 4.31. The third kappa shape index (κ3) is 3.73. The third-order valence-electron chi connectivity index (χ3n) is 2.12. The molecule has 3 heteroatoms. The molecular weight excluding hydrogens is 180 g/mol. The minimum Gasteiger partial charge on any atom is -0.457 e. The number of hydrogen-bond donors (Lipinski definition) is 0. The van der Waals surface area contributed by atoms with Crippen molar-refractivity contribution in [3.63, 3.8) is 0 Å². The fraction of sp³-hybridized carbons (Fsp3) is 0.636. The van der Waals surface area contributed by atoms with E-state index in [2.05, 4.69) is 6.58 Å². The highest BCUT2D eigenvalue weighted by Crippen LogP contribution is 2.13. The summed E-state index contributed by atoms with van der Waals surface area (Å²) in [5.74, 6) is -1.60. The highest BCUT2D eigenvalue weighted by molar-refractivity contribution is 6.34. The zero-order valence-electron chi connectivity index (χ0n) is 9.24. The van der Waals surface area contributed by atoms with E-state index in [0.29, 0.717) is 0 Å². The van der Waals surface area contributed by atoms with E-state index < -0.39 is 11.8 Å². The van der Waals surface area contributed by atoms with Gasteiger partial charge in [0.2, 0.25) is 5.78 Å². The molecule has 0 N–H and O–H groups in total. The number of Topliss-reactive ketones (excluding diaryl/α,β-unsaturated/α-hetero) is 1. The highest BCUT2D eigenvalue weighted by atomic mass is 16.5. The van der Waals surface area contributed by atoms with E-state index in [9.17, 15) is 9.59 Å². The van der Waals surface area contributed by atoms with Crippen LogP contribution in [0.15, 0.2) is 12.7 Å². The van der Waals surface area contributed by atoms with Crippen molar-refractivity contribution in [2.75, 3.05) is 0 Å². The van der Waals surface area contributed by atoms with Crippen molar-refractivity contribution in [2.45, 2.75) is 33.8 Å². The number of ether oxygens (including phenoxy) is 1. The van der Waals surface area contributed by atoms with Gasteiger partial charge in [0.05, 0.1) is 6.10 Å². The first-order valence-corrected chi connectivity index (χ1v) is 4.77. The summed E-state index contributed by atoms with van der Waals surface area (Å²) in [4.78, 5) is 22.7. The molecule has 0 radical (unpaired) electrons. The van der Waals surface area contributed by atoms with Gasteiger partial charge in [-0.3, -0.25) is 4.79 Å². The van der Waals surface area contributed by atoms with Crippen LogP contribution in [0.5, 0.6) is 0 Å². The van der Waals surface area contributed by atoms with Gasteiger partial charge in [0.25, 0.3) is 0 Å². The van der Waals surface area contributed by atoms with Gasteiger partial charge < -0.3 is 4.74 Å². The van der Waals surface area contributed by atoms with Gasteiger partial charge in [-0.15, -0.1) is 6.58 Å². The van der Waals surface area contributed by atoms with E-state index in [1.165, 1.54) is 0 Å². The number of ketones is 1. The molecule has 0 amide bonds. The number of carbonyl (C=O) groups is 2. The predicted octanol–water partition coefficient (Wildman–Crippen LogP) is 1.97. The average molecular weight is 198 g/mol. The Hall–Kier alpha value is -1.12. The normalized spacial score (nSPS) is 14.6. The molecule has 0 saturated heterocycles. The molecule has 14 heavy (non-hydrogen) atoms. The van der Waals surface area contributed by atoms with Gasteiger partial charge in [0.1, 0.15) is 0 Å². The molecule has 2 atom stereocenters. The number of rotatable bonds is 5. The lowest BCUT2D eigenvalue weighted by Crippen LogP contribution is -2.29. The number of hydrogen-bond acceptors (Lipinski definition) is 3. The predicted molar refractivity (Wildman–Crippen MR) is 54.8 cm³/mol. The molecule has 0 heterocycles. The molecule has 0 unspecified atom stereocenters. The molecule has 0 aromatic carbocycles. The summed E-state index contributed by atoms with van der Waals surface area (Å²) in [6, 6.07) is 0. The van der Waals surface area contributed by atoms with Crippen LogP contribution in [0.4, 0.5) is 0 Å². The molecule has 0 rings (SSSR count). The largest absolute Gasteiger partial charge is 0.457 e. The van der Waals surface area contributed by atoms with Crippen LogP contribution in [0.2, 0.25) is 0 Å². The lowest BCUT2D eigenvalue weighted by molar-refractivity contribution is -0.158. The minimum absolute atomic E-state index is 0.0118. The second kappa shape index (κ2) is 5.58. The van der Waals surface area contributed by atoms with Gasteiger partial charge in [-0.25, -0.2) is 4.79 Å². The van der Waals surface area contributed by atoms with Gasteiger partial charge in [-0.1, -0.05) is 19.9 Å². The molecule has 0 fully saturated rings. The van der Waals surface area contributed by atoms with Crippen LogP contribution in [0.3, 0.4) is 0 Å². The van der Waals surface area contributed by atoms with Gasteiger partial charge in [-0.05, 0) is 19.8 Å². The topological polar surface area (TPSA) is 43.4 Å². The molecule has 0 bridgehead atoms. The lowest BCUT2D eigenvalue weighted by atomic mass is 9.92. The Morgan fingerprint density at radius 1 is 1.21 bits per heavy atom. The maximum atomic E-state index is 11.5. The van der Waals surface area contributed by atoms with Gasteiger partial charge in [0.15, 0.2) is 0 Å². The molecule has 80 valence electrons. The van der Waals surface area contributed by atoms with Crippen LogP contribution in [0.25, 0.3) is 0 Å². The van der Waals surface area contributed by atoms with Crippen LogP contribution in [-0.2, 0) is 14.3 Å². The Bertz CT molecular complexity index is 231. The van der Waals surface area contributed by atoms with E-state index in [4.69, 9.17) is 4.74 Å². The highest BCUT2D eigenvalue weighted by Gasteiger charge is 2.26. The summed E-state index contributed by atoms with van der Waals surface area (Å²) in [5.41, 5.74) is 0. The molecule has 0 aliphatic heterocycles. The van der Waals surface area contributed by atoms with Crippen molar-refractivity contribution in [3.8, 4) is 0 Å². The second-order valence-corrected chi connectivity index (χ2v) is 3.70. The van der Waals surface area contributed by atoms with Crippen molar-refractivity contribution in [1.82, 2.24) is 0 Å². The van der Waals surface area contributed by atoms with E-state index in [1.54, 1.807) is 26.8 Å². The summed E-state index contributed by atoms with van der Waals surface area (Å²) in [7, 11) is 0. The smallest absolute Gasteiger partial charge is 0.375 e. The average Bonchev–Trinajstić information content (AvgIpc) is 2.13. The summed E-state index contributed by atoms with van der Waals surface area (Å²) in [5, 5.41) is 0. The molecule has 0 spiro atoms. The Kier molecular flexibility index (Phi) is 5.13. The van der Waals surface area contributed by atoms with E-state index in [1.807, 2.05) is 6.92 Å². The van der Waals surface area contributed by atoms with Crippen molar-refractivity contribution >= 4 is 11.8 Å². The molecular formula is C11H18O3. The molecule has 0 aromatic rings. The van der Waals surface area contributed by atoms with Crippen molar-refractivity contribution in [2.24, 2.45) is 11.8 Å². The molecule has 0 aliphatic carbocycles. The van der Waals surface area contributed by atoms with Crippen molar-refractivity contribution in [3.05, 3.63) is 12.7 Å². The Morgan fingerprint density at radius 3 is 2.07 bits per heavy atom. The molecule has 0 saturated carbocycles. The number of allylic oxidation sites excluding steroid dienone is 1. The van der Waals surface area contributed by atoms with Crippen LogP contribution >= 0.6 is 0 Å². The second-order valence-electron chi connectivity index (χ2n) is 3.70. The first-order valence-electron chi connectivity index (χ1n) is 4.77. The standard InChI is InChI=1S/C11H18O3/c1-6-8(4)9(5)10(12)11(13)14-7(2)3/h6-9H,1H2,2-5H3/t8-,9+/m0/s1. The minimum atomic E-state index is -0.749. The fourth-order valence-electron chi connectivity index (χ4n) is 0.901. The zero-order chi connectivity index (χ0) is 11.3. The van der Waals surface area contributed by atoms with Gasteiger partial charge in [0, 0.05) is 5.92 Å². The van der Waals surface area contributed by atoms with E-state index >= 15 is 0 Å². The third-order valence-corrected chi connectivity index (χ3v) is 2.12. The number of esters is 1. The van der Waals surface area contributed by atoms with E-state index in [-0.39, 0.29) is 17.9 Å². The first-order chi connectivity index (χ1) is 6.40. The molecule has 0 aliphatic rings. The zero-order valence-corrected chi connectivity index (χ0v) is 9.24. The number of carbonyl (C=O) groups excluding carboxylic acids is 2. The molecule has 0 aromatic heterocycles. The maximum absolute atomic E-state index is 11.5. The summed E-state index contributed by atoms with van der Waals surface area (Å²) < 4.78 is 4.81. The summed E-state index contributed by atoms with van der Waals surface area (Å²) in [6.07, 6.45) is 1.41. The Labute approximate surface area is 85.1 Å². The van der Waals surface area contributed by atoms with Crippen molar-refractivity contribution in [1.29, 1.82) is 0 Å². The molecule has 3 nitrogen and oxygen atoms in total. The summed E-state index contributed by atoms with van der Waals surface area (Å²) in [6.45, 7) is 10.6. The SMILES string of the molecule is C=C[C@H](C)[C@@H](C)C(=O)C(=O)OC(C)C. The van der Waals surface area contributed by atoms with Crippen LogP contribution < -0.4 is 0 Å². The van der Waals surface area contributed by atoms with Crippen LogP contribution in [0, 0.1) is 11.8 Å². The van der Waals surface area contributed by atoms with Gasteiger partial charge in [-0.2, -0.15) is 0 Å². The maximum Gasteiger partial charge on any atom is 0.375 e. The van der Waals surface area contributed by atoms with Crippen LogP contribution in [0.1, 0.15) is 27.7 Å². The first kappa shape index (κ1) is 12.9. The fourth-order valence-corrected chi connectivity index (χ4v) is 0.901. The summed E-state index contributed by atoms with van der Waals surface area (Å²) >= 11 is 0. The lowest BCUT2D eigenvalue weighted by Gasteiger charge is -2.14. The van der Waals surface area contributed by atoms with E-state index in [0.717, 1.165) is 0 Å².